The molecule has 2 aromatic rings. The van der Waals surface area contributed by atoms with Crippen LogP contribution in [0, 0.1) is 28.0 Å². The Labute approximate surface area is 280 Å². The molecule has 0 radical (unpaired) electrons. The number of benzene rings is 2. The number of hydrogen-bond acceptors (Lipinski definition) is 9. The summed E-state index contributed by atoms with van der Waals surface area (Å²) in [4.78, 5) is 28.1. The topological polar surface area (TPSA) is 165 Å². The van der Waals surface area contributed by atoms with Crippen molar-refractivity contribution in [2.24, 2.45) is 11.7 Å². The number of piperidine rings is 1. The Hall–Kier alpha value is -3.87. The Bertz CT molecular complexity index is 1510. The third-order valence-corrected chi connectivity index (χ3v) is 9.61. The summed E-state index contributed by atoms with van der Waals surface area (Å²) in [7, 11) is 0. The van der Waals surface area contributed by atoms with Crippen LogP contribution in [0.15, 0.2) is 48.0 Å². The minimum Gasteiger partial charge on any atom is -0.457 e. The summed E-state index contributed by atoms with van der Waals surface area (Å²) in [5, 5.41) is 28.1. The standard InChI is InChI=1S/C35H45FN6O4S/c1-4-25(37)18-24(32(38)43)17-23-19-30(36)29(35(44)41-26-9-13-42(14-10-26)27-11-15-45-16-12-27)20-31(23)46-28-7-5-22(6-8-28)34(40)47-33(39)21(2)3/h5-8,18-21,26-27,37,39-40H,4,9-17H2,1-3H3,(H2,38,43)(H,41,44)/b24-18-,37-25?,39-33?,40-34?. The molecule has 2 fully saturated rings. The van der Waals surface area contributed by atoms with E-state index in [-0.39, 0.29) is 51.6 Å². The van der Waals surface area contributed by atoms with Gasteiger partial charge in [0.2, 0.25) is 5.91 Å². The van der Waals surface area contributed by atoms with Crippen LogP contribution in [-0.2, 0) is 16.0 Å². The smallest absolute Gasteiger partial charge is 0.254 e. The molecule has 2 amide bonds. The average molecular weight is 665 g/mol. The van der Waals surface area contributed by atoms with Crippen molar-refractivity contribution in [3.63, 3.8) is 0 Å². The van der Waals surface area contributed by atoms with Crippen LogP contribution in [-0.4, -0.2) is 70.9 Å². The van der Waals surface area contributed by atoms with E-state index in [4.69, 9.17) is 31.4 Å². The van der Waals surface area contributed by atoms with Crippen molar-refractivity contribution in [1.82, 2.24) is 10.2 Å². The van der Waals surface area contributed by atoms with Gasteiger partial charge in [-0.25, -0.2) is 4.39 Å². The SMILES string of the molecule is CCC(=N)/C=C(/Cc1cc(F)c(C(=O)NC2CCN(C3CCOCC3)CC2)cc1Oc1ccc(C(=N)SC(=N)C(C)C)cc1)C(N)=O. The molecule has 2 saturated heterocycles. The zero-order valence-corrected chi connectivity index (χ0v) is 28.1. The molecule has 0 aromatic heterocycles. The van der Waals surface area contributed by atoms with Gasteiger partial charge in [0.05, 0.1) is 10.6 Å². The number of primary amides is 1. The number of carbonyl (C=O) groups excluding carboxylic acids is 2. The van der Waals surface area contributed by atoms with Crippen molar-refractivity contribution in [3.05, 3.63) is 70.6 Å². The average Bonchev–Trinajstić information content (AvgIpc) is 3.06. The lowest BCUT2D eigenvalue weighted by Crippen LogP contribution is -2.49. The maximum Gasteiger partial charge on any atom is 0.254 e. The van der Waals surface area contributed by atoms with Gasteiger partial charge >= 0.3 is 0 Å². The minimum atomic E-state index is -0.757. The van der Waals surface area contributed by atoms with Crippen LogP contribution in [0.2, 0.25) is 0 Å². The van der Waals surface area contributed by atoms with Crippen molar-refractivity contribution in [2.75, 3.05) is 26.3 Å². The lowest BCUT2D eigenvalue weighted by molar-refractivity contribution is -0.114. The second kappa shape index (κ2) is 16.8. The fourth-order valence-electron chi connectivity index (χ4n) is 5.54. The fraction of sp³-hybridized carbons (Fsp3) is 0.457. The molecular weight excluding hydrogens is 619 g/mol. The Morgan fingerprint density at radius 1 is 1.11 bits per heavy atom. The maximum absolute atomic E-state index is 15.6. The number of hydrogen-bond donors (Lipinski definition) is 5. The highest BCUT2D eigenvalue weighted by Gasteiger charge is 2.28. The molecule has 0 unspecified atom stereocenters. The van der Waals surface area contributed by atoms with Crippen LogP contribution in [0.1, 0.15) is 74.4 Å². The molecule has 252 valence electrons. The predicted molar refractivity (Wildman–Crippen MR) is 185 cm³/mol. The summed E-state index contributed by atoms with van der Waals surface area (Å²) in [5.74, 6) is -1.49. The second-order valence-corrected chi connectivity index (χ2v) is 13.3. The van der Waals surface area contributed by atoms with Gasteiger partial charge in [-0.1, -0.05) is 32.5 Å². The van der Waals surface area contributed by atoms with Crippen LogP contribution in [0.4, 0.5) is 4.39 Å². The third-order valence-electron chi connectivity index (χ3n) is 8.47. The van der Waals surface area contributed by atoms with Gasteiger partial charge in [-0.15, -0.1) is 0 Å². The van der Waals surface area contributed by atoms with Crippen LogP contribution in [0.3, 0.4) is 0 Å². The minimum absolute atomic E-state index is 0.0107. The van der Waals surface area contributed by atoms with Gasteiger partial charge in [-0.05, 0) is 74.6 Å². The van der Waals surface area contributed by atoms with Crippen LogP contribution >= 0.6 is 11.8 Å². The molecule has 2 aliphatic rings. The number of nitrogens with two attached hydrogens (primary N) is 1. The number of carbonyl (C=O) groups is 2. The summed E-state index contributed by atoms with van der Waals surface area (Å²) < 4.78 is 27.3. The quantitative estimate of drug-likeness (QED) is 0.105. The highest BCUT2D eigenvalue weighted by Crippen LogP contribution is 2.31. The van der Waals surface area contributed by atoms with Crippen LogP contribution < -0.4 is 15.8 Å². The monoisotopic (exact) mass is 664 g/mol. The second-order valence-electron chi connectivity index (χ2n) is 12.2. The van der Waals surface area contributed by atoms with E-state index >= 15 is 4.39 Å². The molecule has 0 saturated carbocycles. The number of ether oxygens (including phenoxy) is 2. The highest BCUT2D eigenvalue weighted by molar-refractivity contribution is 8.26. The maximum atomic E-state index is 15.6. The summed E-state index contributed by atoms with van der Waals surface area (Å²) in [6.45, 7) is 8.83. The molecule has 2 aliphatic heterocycles. The zero-order valence-electron chi connectivity index (χ0n) is 27.3. The van der Waals surface area contributed by atoms with Crippen molar-refractivity contribution in [1.29, 1.82) is 16.2 Å². The Morgan fingerprint density at radius 2 is 1.77 bits per heavy atom. The number of nitrogens with zero attached hydrogens (tertiary/aromatic N) is 1. The normalized spacial score (nSPS) is 16.6. The number of likely N-dealkylation sites (tertiary alicyclic amines) is 1. The molecule has 0 spiro atoms. The van der Waals surface area contributed by atoms with Crippen LogP contribution in [0.25, 0.3) is 0 Å². The first-order chi connectivity index (χ1) is 22.4. The molecule has 4 rings (SSSR count). The van der Waals surface area contributed by atoms with Gasteiger partial charge in [0.25, 0.3) is 5.91 Å². The number of nitrogens with one attached hydrogen (secondary N) is 4. The third kappa shape index (κ3) is 10.1. The Balaban J connectivity index is 1.55. The zero-order chi connectivity index (χ0) is 34.1. The molecule has 47 heavy (non-hydrogen) atoms. The number of allylic oxidation sites excluding steroid dienone is 1. The summed E-state index contributed by atoms with van der Waals surface area (Å²) in [6, 6.07) is 9.62. The fourth-order valence-corrected chi connectivity index (χ4v) is 6.25. The largest absolute Gasteiger partial charge is 0.457 e. The van der Waals surface area contributed by atoms with E-state index in [0.717, 1.165) is 63.7 Å². The van der Waals surface area contributed by atoms with E-state index in [0.29, 0.717) is 28.8 Å². The van der Waals surface area contributed by atoms with Gasteiger partial charge in [0, 0.05) is 73.1 Å². The van der Waals surface area contributed by atoms with Gasteiger partial charge in [0.1, 0.15) is 22.4 Å². The van der Waals surface area contributed by atoms with Gasteiger partial charge in [-0.3, -0.25) is 20.4 Å². The van der Waals surface area contributed by atoms with Gasteiger partial charge in [-0.2, -0.15) is 0 Å². The highest BCUT2D eigenvalue weighted by atomic mass is 32.2. The van der Waals surface area contributed by atoms with Crippen molar-refractivity contribution in [3.8, 4) is 11.5 Å². The molecule has 6 N–H and O–H groups in total. The van der Waals surface area contributed by atoms with Gasteiger partial charge in [0.15, 0.2) is 0 Å². The van der Waals surface area contributed by atoms with Crippen molar-refractivity contribution < 1.29 is 23.5 Å². The van der Waals surface area contributed by atoms with E-state index in [1.807, 2.05) is 13.8 Å². The van der Waals surface area contributed by atoms with Crippen molar-refractivity contribution in [2.45, 2.75) is 71.4 Å². The van der Waals surface area contributed by atoms with E-state index in [1.165, 1.54) is 18.2 Å². The first-order valence-corrected chi connectivity index (χ1v) is 16.9. The number of halogens is 1. The van der Waals surface area contributed by atoms with Crippen LogP contribution in [0.5, 0.6) is 11.5 Å². The van der Waals surface area contributed by atoms with Gasteiger partial charge < -0.3 is 30.8 Å². The number of amides is 2. The summed E-state index contributed by atoms with van der Waals surface area (Å²) >= 11 is 1.08. The number of rotatable bonds is 12. The summed E-state index contributed by atoms with van der Waals surface area (Å²) in [6.07, 6.45) is 5.21. The predicted octanol–water partition coefficient (Wildman–Crippen LogP) is 6.07. The van der Waals surface area contributed by atoms with E-state index < -0.39 is 17.6 Å². The first-order valence-electron chi connectivity index (χ1n) is 16.1. The Morgan fingerprint density at radius 3 is 2.36 bits per heavy atom. The molecule has 0 bridgehead atoms. The van der Waals surface area contributed by atoms with Crippen molar-refractivity contribution >= 4 is 39.4 Å². The summed E-state index contributed by atoms with van der Waals surface area (Å²) in [5.41, 5.74) is 6.64. The molecule has 12 heteroatoms. The molecule has 0 atom stereocenters. The van der Waals surface area contributed by atoms with E-state index in [1.54, 1.807) is 31.2 Å². The van der Waals surface area contributed by atoms with E-state index in [9.17, 15) is 9.59 Å². The molecule has 10 nitrogen and oxygen atoms in total. The molecule has 0 aliphatic carbocycles. The molecule has 2 aromatic carbocycles. The molecule has 2 heterocycles. The Kier molecular flexibility index (Phi) is 12.9. The lowest BCUT2D eigenvalue weighted by Gasteiger charge is -2.39. The van der Waals surface area contributed by atoms with E-state index in [2.05, 4.69) is 10.2 Å². The molecular formula is C35H45FN6O4S. The lowest BCUT2D eigenvalue weighted by atomic mass is 9.98. The first kappa shape index (κ1) is 36.0. The number of thioether (sulfide) groups is 1.